The molecule has 1 aliphatic rings. The van der Waals surface area contributed by atoms with E-state index >= 15 is 0 Å². The van der Waals surface area contributed by atoms with Crippen LogP contribution in [0.2, 0.25) is 0 Å². The van der Waals surface area contributed by atoms with Crippen LogP contribution in [0.15, 0.2) is 22.7 Å². The van der Waals surface area contributed by atoms with Crippen LogP contribution in [-0.4, -0.2) is 63.8 Å². The smallest absolute Gasteiger partial charge is 0.220 e. The molecular weight excluding hydrogens is 374 g/mol. The predicted molar refractivity (Wildman–Crippen MR) is 98.6 cm³/mol. The molecule has 3 rings (SSSR count). The van der Waals surface area contributed by atoms with Crippen LogP contribution in [0.5, 0.6) is 17.4 Å². The summed E-state index contributed by atoms with van der Waals surface area (Å²) in [6.45, 7) is 0.713. The van der Waals surface area contributed by atoms with Gasteiger partial charge in [-0.05, 0) is 12.1 Å². The minimum absolute atomic E-state index is 0.0298. The first-order valence-electron chi connectivity index (χ1n) is 8.21. The maximum absolute atomic E-state index is 13.0. The molecule has 0 saturated carbocycles. The standard InChI is InChI=1S/C17H21N3O6S/c1-20-17(22)12(10-18-20)15(21)11-4-5-13(24-2)14(16(11)25-3)19-27(23)8-6-26-7-9-27/h4-5,10,22H,6-9H2,1-3H3. The van der Waals surface area contributed by atoms with Crippen LogP contribution in [0.25, 0.3) is 0 Å². The molecule has 2 aromatic rings. The fourth-order valence-corrected chi connectivity index (χ4v) is 4.41. The van der Waals surface area contributed by atoms with E-state index in [0.29, 0.717) is 30.5 Å². The van der Waals surface area contributed by atoms with E-state index in [0.717, 1.165) is 0 Å². The van der Waals surface area contributed by atoms with Crippen molar-refractivity contribution in [2.24, 2.45) is 11.4 Å². The zero-order valence-electron chi connectivity index (χ0n) is 15.3. The maximum atomic E-state index is 13.0. The van der Waals surface area contributed by atoms with Gasteiger partial charge in [-0.3, -0.25) is 4.79 Å². The van der Waals surface area contributed by atoms with Crippen molar-refractivity contribution in [1.29, 1.82) is 0 Å². The summed E-state index contributed by atoms with van der Waals surface area (Å²) in [5.74, 6) is 0.317. The molecule has 0 atom stereocenters. The number of ketones is 1. The highest BCUT2D eigenvalue weighted by molar-refractivity contribution is 7.93. The van der Waals surface area contributed by atoms with Gasteiger partial charge in [-0.1, -0.05) is 0 Å². The minimum atomic E-state index is -2.56. The van der Waals surface area contributed by atoms with Crippen LogP contribution in [0.1, 0.15) is 15.9 Å². The van der Waals surface area contributed by atoms with E-state index in [1.165, 1.54) is 38.2 Å². The Hall–Kier alpha value is -2.59. The third-order valence-corrected chi connectivity index (χ3v) is 6.39. The second-order valence-electron chi connectivity index (χ2n) is 5.92. The molecule has 0 aliphatic carbocycles. The molecule has 0 radical (unpaired) electrons. The molecule has 1 aliphatic heterocycles. The normalized spacial score (nSPS) is 16.0. The number of aromatic nitrogens is 2. The predicted octanol–water partition coefficient (Wildman–Crippen LogP) is 1.50. The third kappa shape index (κ3) is 3.62. The summed E-state index contributed by atoms with van der Waals surface area (Å²) >= 11 is 0. The molecular formula is C17H21N3O6S. The average Bonchev–Trinajstić information content (AvgIpc) is 3.00. The summed E-state index contributed by atoms with van der Waals surface area (Å²) in [5.41, 5.74) is 0.402. The minimum Gasteiger partial charge on any atom is -0.494 e. The third-order valence-electron chi connectivity index (χ3n) is 4.27. The summed E-state index contributed by atoms with van der Waals surface area (Å²) in [7, 11) is 1.82. The van der Waals surface area contributed by atoms with Crippen LogP contribution in [-0.2, 0) is 21.5 Å². The lowest BCUT2D eigenvalue weighted by Crippen LogP contribution is -2.25. The highest BCUT2D eigenvalue weighted by Crippen LogP contribution is 2.42. The summed E-state index contributed by atoms with van der Waals surface area (Å²) in [4.78, 5) is 12.9. The Labute approximate surface area is 157 Å². The van der Waals surface area contributed by atoms with Crippen LogP contribution in [0, 0.1) is 0 Å². The first-order valence-corrected chi connectivity index (χ1v) is 10.1. The number of aromatic hydroxyl groups is 1. The van der Waals surface area contributed by atoms with Gasteiger partial charge in [0, 0.05) is 7.05 Å². The SMILES string of the molecule is COc1ccc(C(=O)c2cnn(C)c2O)c(OC)c1N=S1(=O)CCOCC1. The lowest BCUT2D eigenvalue weighted by Gasteiger charge is -2.18. The summed E-state index contributed by atoms with van der Waals surface area (Å²) < 4.78 is 34.7. The van der Waals surface area contributed by atoms with Crippen molar-refractivity contribution in [3.63, 3.8) is 0 Å². The van der Waals surface area contributed by atoms with Crippen LogP contribution >= 0.6 is 0 Å². The molecule has 1 aromatic heterocycles. The number of benzene rings is 1. The second-order valence-corrected chi connectivity index (χ2v) is 8.46. The Morgan fingerprint density at radius 3 is 2.52 bits per heavy atom. The molecule has 0 bridgehead atoms. The van der Waals surface area contributed by atoms with Gasteiger partial charge in [0.05, 0.1) is 60.4 Å². The van der Waals surface area contributed by atoms with E-state index in [9.17, 15) is 14.1 Å². The van der Waals surface area contributed by atoms with E-state index < -0.39 is 15.5 Å². The Balaban J connectivity index is 2.17. The van der Waals surface area contributed by atoms with Crippen molar-refractivity contribution in [2.45, 2.75) is 0 Å². The zero-order valence-corrected chi connectivity index (χ0v) is 16.1. The van der Waals surface area contributed by atoms with Crippen LogP contribution in [0.3, 0.4) is 0 Å². The molecule has 10 heteroatoms. The average molecular weight is 395 g/mol. The molecule has 146 valence electrons. The Morgan fingerprint density at radius 1 is 1.26 bits per heavy atom. The highest BCUT2D eigenvalue weighted by Gasteiger charge is 2.26. The lowest BCUT2D eigenvalue weighted by atomic mass is 10.0. The first-order chi connectivity index (χ1) is 12.9. The summed E-state index contributed by atoms with van der Waals surface area (Å²) in [5, 5.41) is 13.9. The number of rotatable bonds is 5. The Kier molecular flexibility index (Phi) is 5.38. The van der Waals surface area contributed by atoms with Gasteiger partial charge in [0.25, 0.3) is 0 Å². The summed E-state index contributed by atoms with van der Waals surface area (Å²) in [6.07, 6.45) is 1.27. The van der Waals surface area contributed by atoms with Crippen molar-refractivity contribution in [3.8, 4) is 17.4 Å². The summed E-state index contributed by atoms with van der Waals surface area (Å²) in [6, 6.07) is 3.08. The van der Waals surface area contributed by atoms with E-state index in [-0.39, 0.29) is 28.4 Å². The number of aryl methyl sites for hydroxylation is 1. The van der Waals surface area contributed by atoms with Gasteiger partial charge in [-0.15, -0.1) is 0 Å². The van der Waals surface area contributed by atoms with E-state index in [1.807, 2.05) is 0 Å². The number of methoxy groups -OCH3 is 2. The number of hydrogen-bond acceptors (Lipinski definition) is 8. The molecule has 1 fully saturated rings. The van der Waals surface area contributed by atoms with Crippen LogP contribution in [0.4, 0.5) is 5.69 Å². The van der Waals surface area contributed by atoms with Crippen molar-refractivity contribution < 1.29 is 28.3 Å². The van der Waals surface area contributed by atoms with Crippen molar-refractivity contribution in [1.82, 2.24) is 9.78 Å². The van der Waals surface area contributed by atoms with Gasteiger partial charge in [0.15, 0.2) is 11.4 Å². The quantitative estimate of drug-likeness (QED) is 0.764. The number of hydrogen-bond donors (Lipinski definition) is 1. The van der Waals surface area contributed by atoms with Crippen molar-refractivity contribution in [2.75, 3.05) is 38.9 Å². The number of carbonyl (C=O) groups is 1. The fourth-order valence-electron chi connectivity index (χ4n) is 2.77. The first kappa shape index (κ1) is 19.2. The number of ether oxygens (including phenoxy) is 3. The van der Waals surface area contributed by atoms with E-state index in [1.54, 1.807) is 6.07 Å². The van der Waals surface area contributed by atoms with Gasteiger partial charge < -0.3 is 19.3 Å². The Morgan fingerprint density at radius 2 is 1.96 bits per heavy atom. The molecule has 1 saturated heterocycles. The second kappa shape index (κ2) is 7.57. The largest absolute Gasteiger partial charge is 0.494 e. The zero-order chi connectivity index (χ0) is 19.6. The molecule has 1 N–H and O–H groups in total. The van der Waals surface area contributed by atoms with Gasteiger partial charge in [-0.2, -0.15) is 9.46 Å². The van der Waals surface area contributed by atoms with Gasteiger partial charge >= 0.3 is 0 Å². The maximum Gasteiger partial charge on any atom is 0.220 e. The Bertz CT molecular complexity index is 979. The molecule has 0 unspecified atom stereocenters. The van der Waals surface area contributed by atoms with Crippen molar-refractivity contribution in [3.05, 3.63) is 29.5 Å². The lowest BCUT2D eigenvalue weighted by molar-refractivity contribution is 0.103. The van der Waals surface area contributed by atoms with E-state index in [2.05, 4.69) is 9.46 Å². The molecule has 2 heterocycles. The van der Waals surface area contributed by atoms with E-state index in [4.69, 9.17) is 14.2 Å². The van der Waals surface area contributed by atoms with Gasteiger partial charge in [-0.25, -0.2) is 8.89 Å². The van der Waals surface area contributed by atoms with Crippen LogP contribution < -0.4 is 9.47 Å². The molecule has 0 amide bonds. The topological polar surface area (TPSA) is 112 Å². The molecule has 27 heavy (non-hydrogen) atoms. The van der Waals surface area contributed by atoms with Gasteiger partial charge in [0.1, 0.15) is 11.3 Å². The van der Waals surface area contributed by atoms with Gasteiger partial charge in [0.2, 0.25) is 11.7 Å². The highest BCUT2D eigenvalue weighted by atomic mass is 32.2. The number of nitrogens with zero attached hydrogens (tertiary/aromatic N) is 3. The van der Waals surface area contributed by atoms with Crippen molar-refractivity contribution >= 4 is 21.2 Å². The number of carbonyl (C=O) groups excluding carboxylic acids is 1. The fraction of sp³-hybridized carbons (Fsp3) is 0.412. The monoisotopic (exact) mass is 395 g/mol. The molecule has 1 aromatic carbocycles. The molecule has 0 spiro atoms. The molecule has 9 nitrogen and oxygen atoms in total.